The highest BCUT2D eigenvalue weighted by Crippen LogP contribution is 2.21. The average Bonchev–Trinajstić information content (AvgIpc) is 2.47. The van der Waals surface area contributed by atoms with Crippen LogP contribution in [0.25, 0.3) is 0 Å². The Labute approximate surface area is 131 Å². The van der Waals surface area contributed by atoms with E-state index in [0.29, 0.717) is 11.8 Å². The summed E-state index contributed by atoms with van der Waals surface area (Å²) in [5.74, 6) is 1.02. The van der Waals surface area contributed by atoms with Crippen molar-refractivity contribution in [2.75, 3.05) is 32.1 Å². The zero-order chi connectivity index (χ0) is 14.8. The Hall–Kier alpha value is -0.420. The summed E-state index contributed by atoms with van der Waals surface area (Å²) in [7, 11) is -1.88. The second-order valence-electron chi connectivity index (χ2n) is 6.24. The van der Waals surface area contributed by atoms with Crippen molar-refractivity contribution >= 4 is 16.0 Å². The van der Waals surface area contributed by atoms with Gasteiger partial charge in [0, 0.05) is 28.2 Å². The number of carbonyl (C=O) groups is 1. The quantitative estimate of drug-likeness (QED) is 0.813. The van der Waals surface area contributed by atoms with Crippen LogP contribution in [0.2, 0.25) is 0 Å². The lowest BCUT2D eigenvalue weighted by Crippen LogP contribution is -2.31. The number of piperidine rings is 1. The first-order valence-corrected chi connectivity index (χ1v) is 10.1. The molecule has 2 fully saturated rings. The van der Waals surface area contributed by atoms with Gasteiger partial charge in [0.1, 0.15) is 6.29 Å². The minimum Gasteiger partial charge on any atom is -0.316 e. The molecule has 2 aliphatic rings. The van der Waals surface area contributed by atoms with Gasteiger partial charge < -0.3 is 10.1 Å². The van der Waals surface area contributed by atoms with Gasteiger partial charge in [0.15, 0.2) is 0 Å². The minimum atomic E-state index is -1.88. The fraction of sp³-hybridized carbons (Fsp3) is 0.938. The molecular weight excluding hydrogens is 284 g/mol. The Balaban J connectivity index is 0.000000390. The van der Waals surface area contributed by atoms with E-state index >= 15 is 0 Å². The Morgan fingerprint density at radius 1 is 1.14 bits per heavy atom. The van der Waals surface area contributed by atoms with Crippen LogP contribution < -0.4 is 5.32 Å². The van der Waals surface area contributed by atoms with E-state index in [-0.39, 0.29) is 7.43 Å². The van der Waals surface area contributed by atoms with E-state index in [1.807, 2.05) is 0 Å². The molecule has 1 saturated heterocycles. The third-order valence-corrected chi connectivity index (χ3v) is 4.66. The molecule has 1 N–H and O–H groups in total. The zero-order valence-corrected chi connectivity index (χ0v) is 13.8. The predicted molar refractivity (Wildman–Crippen MR) is 92.2 cm³/mol. The molecule has 0 aromatic carbocycles. The van der Waals surface area contributed by atoms with Crippen LogP contribution in [0.3, 0.4) is 0 Å². The van der Waals surface area contributed by atoms with Crippen LogP contribution in [0.5, 0.6) is 0 Å². The first-order chi connectivity index (χ1) is 9.51. The summed E-state index contributed by atoms with van der Waals surface area (Å²) < 4.78 is 15.4. The van der Waals surface area contributed by atoms with Crippen LogP contribution in [0.4, 0.5) is 0 Å². The van der Waals surface area contributed by atoms with Crippen LogP contribution in [0.15, 0.2) is 4.36 Å². The second kappa shape index (κ2) is 11.2. The normalized spacial score (nSPS) is 23.2. The zero-order valence-electron chi connectivity index (χ0n) is 13.0. The molecule has 0 bridgehead atoms. The summed E-state index contributed by atoms with van der Waals surface area (Å²) in [5, 5.41) is 3.32. The number of hydrogen-bond acceptors (Lipinski definition) is 4. The molecule has 0 spiro atoms. The number of nitrogens with one attached hydrogen (secondary N) is 1. The number of nitrogens with zero attached hydrogens (tertiary/aromatic N) is 1. The standard InChI is InChI=1S/C8H18N2OS.C7H12O.CH4/c1-12(2,11)10-7-8-4-3-5-9-6-8;8-6-7-4-2-1-3-5-7;/h8-9H,3-7H2,1-2H3;6-7H,1-5H2;1H4. The Kier molecular flexibility index (Phi) is 11.0. The number of aldehydes is 1. The number of rotatable bonds is 3. The highest BCUT2D eigenvalue weighted by Gasteiger charge is 2.12. The van der Waals surface area contributed by atoms with Crippen LogP contribution in [0.1, 0.15) is 52.4 Å². The molecule has 126 valence electrons. The molecule has 0 aromatic rings. The van der Waals surface area contributed by atoms with Crippen molar-refractivity contribution in [3.63, 3.8) is 0 Å². The monoisotopic (exact) mass is 318 g/mol. The SMILES string of the molecule is C.CS(C)(=O)=NCC1CCCNC1.O=CC1CCCCC1. The molecule has 1 saturated carbocycles. The summed E-state index contributed by atoms with van der Waals surface area (Å²) >= 11 is 0. The smallest absolute Gasteiger partial charge is 0.123 e. The molecule has 0 amide bonds. The fourth-order valence-electron chi connectivity index (χ4n) is 2.63. The maximum atomic E-state index is 11.2. The molecule has 2 rings (SSSR count). The van der Waals surface area contributed by atoms with Crippen molar-refractivity contribution in [3.8, 4) is 0 Å². The molecule has 1 atom stereocenters. The molecule has 4 nitrogen and oxygen atoms in total. The van der Waals surface area contributed by atoms with Crippen LogP contribution in [-0.4, -0.2) is 42.6 Å². The highest BCUT2D eigenvalue weighted by atomic mass is 32.2. The van der Waals surface area contributed by atoms with Gasteiger partial charge in [0.2, 0.25) is 0 Å². The molecule has 5 heteroatoms. The van der Waals surface area contributed by atoms with Gasteiger partial charge in [-0.3, -0.25) is 4.21 Å². The average molecular weight is 319 g/mol. The van der Waals surface area contributed by atoms with E-state index in [9.17, 15) is 9.00 Å². The number of carbonyl (C=O) groups excluding carboxylic acids is 1. The van der Waals surface area contributed by atoms with Gasteiger partial charge in [-0.05, 0) is 44.7 Å². The van der Waals surface area contributed by atoms with E-state index in [1.54, 1.807) is 12.5 Å². The van der Waals surface area contributed by atoms with Gasteiger partial charge in [-0.15, -0.1) is 0 Å². The van der Waals surface area contributed by atoms with Crippen molar-refractivity contribution in [3.05, 3.63) is 0 Å². The summed E-state index contributed by atoms with van der Waals surface area (Å²) in [4.78, 5) is 10.2. The van der Waals surface area contributed by atoms with Crippen LogP contribution in [0, 0.1) is 11.8 Å². The second-order valence-corrected chi connectivity index (χ2v) is 8.86. The predicted octanol–water partition coefficient (Wildman–Crippen LogP) is 3.12. The van der Waals surface area contributed by atoms with Crippen LogP contribution in [-0.2, 0) is 14.5 Å². The lowest BCUT2D eigenvalue weighted by Gasteiger charge is -2.20. The van der Waals surface area contributed by atoms with Gasteiger partial charge in [-0.25, -0.2) is 4.36 Å². The first-order valence-electron chi connectivity index (χ1n) is 7.80. The molecule has 1 unspecified atom stereocenters. The Morgan fingerprint density at radius 2 is 1.81 bits per heavy atom. The largest absolute Gasteiger partial charge is 0.316 e. The minimum absolute atomic E-state index is 0. The number of hydrogen-bond donors (Lipinski definition) is 1. The molecule has 21 heavy (non-hydrogen) atoms. The van der Waals surface area contributed by atoms with E-state index < -0.39 is 9.73 Å². The molecule has 1 heterocycles. The van der Waals surface area contributed by atoms with Crippen LogP contribution >= 0.6 is 0 Å². The molecular formula is C16H34N2O2S. The summed E-state index contributed by atoms with van der Waals surface area (Å²) in [5.41, 5.74) is 0. The van der Waals surface area contributed by atoms with Gasteiger partial charge in [-0.1, -0.05) is 26.7 Å². The summed E-state index contributed by atoms with van der Waals surface area (Å²) in [6, 6.07) is 0. The van der Waals surface area contributed by atoms with E-state index in [2.05, 4.69) is 9.68 Å². The Bertz CT molecular complexity index is 370. The Morgan fingerprint density at radius 3 is 2.24 bits per heavy atom. The van der Waals surface area contributed by atoms with Crippen molar-refractivity contribution < 1.29 is 9.00 Å². The third kappa shape index (κ3) is 10.9. The molecule has 1 aliphatic heterocycles. The van der Waals surface area contributed by atoms with Gasteiger partial charge in [0.05, 0.1) is 6.54 Å². The first kappa shape index (κ1) is 20.6. The molecule has 0 aromatic heterocycles. The maximum Gasteiger partial charge on any atom is 0.123 e. The fourth-order valence-corrected chi connectivity index (χ4v) is 3.20. The molecule has 0 radical (unpaired) electrons. The maximum absolute atomic E-state index is 11.2. The van der Waals surface area contributed by atoms with Crippen molar-refractivity contribution in [2.24, 2.45) is 16.2 Å². The third-order valence-electron chi connectivity index (χ3n) is 3.88. The van der Waals surface area contributed by atoms with E-state index in [1.165, 1.54) is 32.1 Å². The van der Waals surface area contributed by atoms with Gasteiger partial charge in [0.25, 0.3) is 0 Å². The van der Waals surface area contributed by atoms with Gasteiger partial charge in [-0.2, -0.15) is 0 Å². The summed E-state index contributed by atoms with van der Waals surface area (Å²) in [6.45, 7) is 2.93. The van der Waals surface area contributed by atoms with Crippen molar-refractivity contribution in [1.82, 2.24) is 5.32 Å². The molecule has 1 aliphatic carbocycles. The van der Waals surface area contributed by atoms with E-state index in [0.717, 1.165) is 38.8 Å². The summed E-state index contributed by atoms with van der Waals surface area (Å²) in [6.07, 6.45) is 13.1. The van der Waals surface area contributed by atoms with Crippen molar-refractivity contribution in [2.45, 2.75) is 52.4 Å². The highest BCUT2D eigenvalue weighted by molar-refractivity contribution is 7.92. The van der Waals surface area contributed by atoms with Crippen molar-refractivity contribution in [1.29, 1.82) is 0 Å². The van der Waals surface area contributed by atoms with Gasteiger partial charge >= 0.3 is 0 Å². The van der Waals surface area contributed by atoms with E-state index in [4.69, 9.17) is 0 Å². The lowest BCUT2D eigenvalue weighted by molar-refractivity contribution is -0.111. The topological polar surface area (TPSA) is 58.5 Å². The lowest BCUT2D eigenvalue weighted by atomic mass is 9.91.